The quantitative estimate of drug-likeness (QED) is 0.879. The van der Waals surface area contributed by atoms with E-state index in [0.717, 1.165) is 41.4 Å². The minimum absolute atomic E-state index is 0.0358. The molecule has 2 bridgehead atoms. The summed E-state index contributed by atoms with van der Waals surface area (Å²) in [6.07, 6.45) is 3.64. The molecule has 0 aliphatic carbocycles. The van der Waals surface area contributed by atoms with Gasteiger partial charge in [-0.25, -0.2) is 0 Å². The molecular weight excluding hydrogens is 332 g/mol. The van der Waals surface area contributed by atoms with E-state index in [0.29, 0.717) is 18.6 Å². The molecule has 2 fully saturated rings. The van der Waals surface area contributed by atoms with Crippen LogP contribution in [0.4, 0.5) is 5.69 Å². The molecule has 1 aromatic rings. The molecule has 2 atom stereocenters. The van der Waals surface area contributed by atoms with Crippen LogP contribution in [0.2, 0.25) is 0 Å². The van der Waals surface area contributed by atoms with Gasteiger partial charge in [-0.1, -0.05) is 15.9 Å². The van der Waals surface area contributed by atoms with E-state index in [2.05, 4.69) is 26.1 Å². The Morgan fingerprint density at radius 1 is 1.38 bits per heavy atom. The molecule has 114 valence electrons. The van der Waals surface area contributed by atoms with E-state index in [1.807, 2.05) is 25.1 Å². The first-order chi connectivity index (χ1) is 10.0. The van der Waals surface area contributed by atoms with Crippen LogP contribution in [0.5, 0.6) is 0 Å². The summed E-state index contributed by atoms with van der Waals surface area (Å²) in [7, 11) is 0. The van der Waals surface area contributed by atoms with Gasteiger partial charge in [0.15, 0.2) is 0 Å². The first-order valence-corrected chi connectivity index (χ1v) is 8.32. The van der Waals surface area contributed by atoms with E-state index in [1.165, 1.54) is 0 Å². The number of carbonyl (C=O) groups excluding carboxylic acids is 1. The SMILES string of the molecule is Cc1cc(Br)ccc1NC(=O)CN1C2CCC1CC(O)C2. The van der Waals surface area contributed by atoms with Gasteiger partial charge in [0.25, 0.3) is 0 Å². The van der Waals surface area contributed by atoms with Crippen LogP contribution in [-0.2, 0) is 4.79 Å². The van der Waals surface area contributed by atoms with Gasteiger partial charge >= 0.3 is 0 Å². The van der Waals surface area contributed by atoms with Crippen molar-refractivity contribution in [3.63, 3.8) is 0 Å². The summed E-state index contributed by atoms with van der Waals surface area (Å²) in [6, 6.07) is 6.59. The van der Waals surface area contributed by atoms with Gasteiger partial charge in [-0.05, 0) is 56.4 Å². The number of anilines is 1. The number of benzene rings is 1. The van der Waals surface area contributed by atoms with Crippen molar-refractivity contribution in [3.05, 3.63) is 28.2 Å². The molecule has 4 nitrogen and oxygen atoms in total. The molecule has 5 heteroatoms. The number of carbonyl (C=O) groups is 1. The minimum atomic E-state index is -0.185. The maximum atomic E-state index is 12.3. The van der Waals surface area contributed by atoms with Gasteiger partial charge in [-0.2, -0.15) is 0 Å². The minimum Gasteiger partial charge on any atom is -0.393 e. The Bertz CT molecular complexity index is 535. The van der Waals surface area contributed by atoms with Gasteiger partial charge in [0.1, 0.15) is 0 Å². The first kappa shape index (κ1) is 15.0. The second-order valence-electron chi connectivity index (χ2n) is 6.19. The van der Waals surface area contributed by atoms with Crippen molar-refractivity contribution in [3.8, 4) is 0 Å². The van der Waals surface area contributed by atoms with E-state index < -0.39 is 0 Å². The van der Waals surface area contributed by atoms with Crippen LogP contribution < -0.4 is 5.32 Å². The summed E-state index contributed by atoms with van der Waals surface area (Å²) in [5, 5.41) is 12.8. The molecule has 0 spiro atoms. The van der Waals surface area contributed by atoms with Crippen LogP contribution in [-0.4, -0.2) is 40.6 Å². The maximum absolute atomic E-state index is 12.3. The molecule has 2 N–H and O–H groups in total. The molecule has 0 aromatic heterocycles. The number of hydrogen-bond acceptors (Lipinski definition) is 3. The third-order valence-corrected chi connectivity index (χ3v) is 5.14. The zero-order valence-corrected chi connectivity index (χ0v) is 13.8. The second kappa shape index (κ2) is 6.07. The normalized spacial score (nSPS) is 28.6. The molecule has 0 saturated carbocycles. The topological polar surface area (TPSA) is 52.6 Å². The molecule has 2 saturated heterocycles. The first-order valence-electron chi connectivity index (χ1n) is 7.53. The Morgan fingerprint density at radius 2 is 2.05 bits per heavy atom. The van der Waals surface area contributed by atoms with E-state index in [4.69, 9.17) is 0 Å². The van der Waals surface area contributed by atoms with Crippen LogP contribution in [0.25, 0.3) is 0 Å². The van der Waals surface area contributed by atoms with E-state index in [9.17, 15) is 9.90 Å². The second-order valence-corrected chi connectivity index (χ2v) is 7.11. The lowest BCUT2D eigenvalue weighted by Crippen LogP contribution is -2.47. The molecule has 1 amide bonds. The third-order valence-electron chi connectivity index (χ3n) is 4.65. The highest BCUT2D eigenvalue weighted by Gasteiger charge is 2.40. The van der Waals surface area contributed by atoms with E-state index >= 15 is 0 Å². The number of rotatable bonds is 3. The largest absolute Gasteiger partial charge is 0.393 e. The van der Waals surface area contributed by atoms with Crippen molar-refractivity contribution in [2.45, 2.75) is 50.8 Å². The lowest BCUT2D eigenvalue weighted by Gasteiger charge is -2.36. The Kier molecular flexibility index (Phi) is 4.33. The average Bonchev–Trinajstić information content (AvgIpc) is 2.66. The highest BCUT2D eigenvalue weighted by molar-refractivity contribution is 9.10. The lowest BCUT2D eigenvalue weighted by atomic mass is 10.00. The van der Waals surface area contributed by atoms with Gasteiger partial charge in [0.2, 0.25) is 5.91 Å². The highest BCUT2D eigenvalue weighted by atomic mass is 79.9. The number of halogens is 1. The molecule has 3 rings (SSSR count). The summed E-state index contributed by atoms with van der Waals surface area (Å²) in [4.78, 5) is 14.6. The van der Waals surface area contributed by atoms with E-state index in [1.54, 1.807) is 0 Å². The summed E-state index contributed by atoms with van der Waals surface area (Å²) in [5.74, 6) is 0.0358. The molecule has 2 aliphatic rings. The Morgan fingerprint density at radius 3 is 2.67 bits per heavy atom. The molecule has 1 aromatic carbocycles. The standard InChI is InChI=1S/C16H21BrN2O2/c1-10-6-11(17)2-5-15(10)18-16(21)9-19-12-3-4-13(19)8-14(20)7-12/h2,5-6,12-14,20H,3-4,7-9H2,1H3,(H,18,21). The fourth-order valence-corrected chi connectivity index (χ4v) is 4.10. The molecule has 2 aliphatic heterocycles. The third kappa shape index (κ3) is 3.30. The number of hydrogen-bond donors (Lipinski definition) is 2. The molecule has 2 unspecified atom stereocenters. The van der Waals surface area contributed by atoms with Gasteiger partial charge < -0.3 is 10.4 Å². The van der Waals surface area contributed by atoms with Crippen molar-refractivity contribution in [1.29, 1.82) is 0 Å². The van der Waals surface area contributed by atoms with Crippen molar-refractivity contribution >= 4 is 27.5 Å². The number of aryl methyl sites for hydroxylation is 1. The number of amides is 1. The number of fused-ring (bicyclic) bond motifs is 2. The summed E-state index contributed by atoms with van der Waals surface area (Å²) < 4.78 is 1.01. The highest BCUT2D eigenvalue weighted by Crippen LogP contribution is 2.35. The number of nitrogens with zero attached hydrogens (tertiary/aromatic N) is 1. The van der Waals surface area contributed by atoms with Crippen molar-refractivity contribution in [1.82, 2.24) is 4.90 Å². The summed E-state index contributed by atoms with van der Waals surface area (Å²) in [5.41, 5.74) is 1.92. The monoisotopic (exact) mass is 352 g/mol. The van der Waals surface area contributed by atoms with Gasteiger partial charge in [-0.15, -0.1) is 0 Å². The fraction of sp³-hybridized carbons (Fsp3) is 0.562. The van der Waals surface area contributed by atoms with Crippen LogP contribution in [0.3, 0.4) is 0 Å². The lowest BCUT2D eigenvalue weighted by molar-refractivity contribution is -0.119. The van der Waals surface area contributed by atoms with Crippen LogP contribution in [0.15, 0.2) is 22.7 Å². The van der Waals surface area contributed by atoms with Gasteiger partial charge in [0.05, 0.1) is 12.6 Å². The van der Waals surface area contributed by atoms with E-state index in [-0.39, 0.29) is 12.0 Å². The molecule has 0 radical (unpaired) electrons. The summed E-state index contributed by atoms with van der Waals surface area (Å²) in [6.45, 7) is 2.42. The van der Waals surface area contributed by atoms with Gasteiger partial charge in [-0.3, -0.25) is 9.69 Å². The Labute approximate surface area is 133 Å². The number of nitrogens with one attached hydrogen (secondary N) is 1. The molecule has 21 heavy (non-hydrogen) atoms. The number of aliphatic hydroxyl groups is 1. The maximum Gasteiger partial charge on any atom is 0.238 e. The van der Waals surface area contributed by atoms with Crippen LogP contribution in [0.1, 0.15) is 31.2 Å². The summed E-state index contributed by atoms with van der Waals surface area (Å²) >= 11 is 3.43. The number of piperidine rings is 1. The zero-order valence-electron chi connectivity index (χ0n) is 12.2. The number of aliphatic hydroxyl groups excluding tert-OH is 1. The Hall–Kier alpha value is -0.910. The Balaban J connectivity index is 1.62. The molecular formula is C16H21BrN2O2. The van der Waals surface area contributed by atoms with Crippen molar-refractivity contribution < 1.29 is 9.90 Å². The van der Waals surface area contributed by atoms with Gasteiger partial charge in [0, 0.05) is 22.2 Å². The van der Waals surface area contributed by atoms with Crippen LogP contribution >= 0.6 is 15.9 Å². The predicted octanol–water partition coefficient (Wildman–Crippen LogP) is 2.68. The van der Waals surface area contributed by atoms with Crippen molar-refractivity contribution in [2.24, 2.45) is 0 Å². The smallest absolute Gasteiger partial charge is 0.238 e. The molecule has 2 heterocycles. The van der Waals surface area contributed by atoms with Crippen molar-refractivity contribution in [2.75, 3.05) is 11.9 Å². The average molecular weight is 353 g/mol. The van der Waals surface area contributed by atoms with Crippen LogP contribution in [0, 0.1) is 6.92 Å². The zero-order chi connectivity index (χ0) is 15.0. The predicted molar refractivity (Wildman–Crippen MR) is 86.3 cm³/mol. The fourth-order valence-electron chi connectivity index (χ4n) is 3.63.